The van der Waals surface area contributed by atoms with Crippen molar-refractivity contribution >= 4 is 28.8 Å². The minimum absolute atomic E-state index is 0.0817. The number of anilines is 1. The van der Waals surface area contributed by atoms with Crippen molar-refractivity contribution in [2.45, 2.75) is 13.5 Å². The largest absolute Gasteiger partial charge is 0.358 e. The van der Waals surface area contributed by atoms with Crippen LogP contribution in [0.2, 0.25) is 0 Å². The molecule has 0 saturated heterocycles. The number of carbonyl (C=O) groups is 1. The molecule has 0 radical (unpaired) electrons. The second-order valence-electron chi connectivity index (χ2n) is 3.20. The van der Waals surface area contributed by atoms with Crippen molar-refractivity contribution in [3.63, 3.8) is 0 Å². The number of fused-ring (bicyclic) bond motifs is 1. The van der Waals surface area contributed by atoms with Crippen LogP contribution in [0.15, 0.2) is 18.2 Å². The molecule has 2 N–H and O–H groups in total. The summed E-state index contributed by atoms with van der Waals surface area (Å²) in [5, 5.41) is 6.63. The Balaban J connectivity index is 2.52. The summed E-state index contributed by atoms with van der Waals surface area (Å²) in [6.45, 7) is 2.19. The number of hydrogen-bond donors (Lipinski definition) is 2. The highest BCUT2D eigenvalue weighted by Gasteiger charge is 2.16. The molecule has 1 aromatic carbocycles. The molecule has 0 aliphatic carbocycles. The molecule has 0 amide bonds. The average Bonchev–Trinajstić information content (AvgIpc) is 2.16. The number of nitrogens with one attached hydrogen (secondary N) is 2. The summed E-state index contributed by atoms with van der Waals surface area (Å²) in [7, 11) is 0. The summed E-state index contributed by atoms with van der Waals surface area (Å²) < 4.78 is 0. The van der Waals surface area contributed by atoms with E-state index in [9.17, 15) is 4.79 Å². The van der Waals surface area contributed by atoms with E-state index in [0.29, 0.717) is 11.7 Å². The molecule has 0 aromatic heterocycles. The van der Waals surface area contributed by atoms with Crippen molar-refractivity contribution in [1.29, 1.82) is 0 Å². The first-order valence-corrected chi connectivity index (χ1v) is 4.77. The van der Waals surface area contributed by atoms with Crippen LogP contribution in [0.25, 0.3) is 0 Å². The lowest BCUT2D eigenvalue weighted by molar-refractivity contribution is 0.101. The number of Topliss-reactive ketones (excluding diaryl/α,β-unsaturated/α-hetero) is 1. The lowest BCUT2D eigenvalue weighted by Gasteiger charge is -2.22. The second-order valence-corrected chi connectivity index (χ2v) is 3.60. The number of hydrogen-bond acceptors (Lipinski definition) is 2. The predicted molar refractivity (Wildman–Crippen MR) is 59.5 cm³/mol. The van der Waals surface area contributed by atoms with E-state index in [1.807, 2.05) is 18.2 Å². The Hall–Kier alpha value is -1.42. The smallest absolute Gasteiger partial charge is 0.171 e. The Kier molecular flexibility index (Phi) is 2.21. The Morgan fingerprint density at radius 2 is 2.29 bits per heavy atom. The van der Waals surface area contributed by atoms with E-state index in [-0.39, 0.29) is 5.78 Å². The predicted octanol–water partition coefficient (Wildman–Crippen LogP) is 1.69. The second kappa shape index (κ2) is 3.38. The van der Waals surface area contributed by atoms with Crippen molar-refractivity contribution in [3.05, 3.63) is 29.3 Å². The molecule has 14 heavy (non-hydrogen) atoms. The molecule has 1 aromatic rings. The van der Waals surface area contributed by atoms with Crippen molar-refractivity contribution in [3.8, 4) is 0 Å². The van der Waals surface area contributed by atoms with Crippen molar-refractivity contribution < 1.29 is 4.79 Å². The summed E-state index contributed by atoms with van der Waals surface area (Å²) in [6.07, 6.45) is 0. The third-order valence-corrected chi connectivity index (χ3v) is 2.48. The van der Waals surface area contributed by atoms with E-state index < -0.39 is 0 Å². The van der Waals surface area contributed by atoms with Gasteiger partial charge in [0.15, 0.2) is 10.9 Å². The van der Waals surface area contributed by atoms with Gasteiger partial charge >= 0.3 is 0 Å². The van der Waals surface area contributed by atoms with Gasteiger partial charge in [-0.3, -0.25) is 4.79 Å². The van der Waals surface area contributed by atoms with Crippen LogP contribution in [0.4, 0.5) is 5.69 Å². The Morgan fingerprint density at radius 3 is 3.00 bits per heavy atom. The van der Waals surface area contributed by atoms with E-state index in [0.717, 1.165) is 16.8 Å². The summed E-state index contributed by atoms with van der Waals surface area (Å²) in [5.74, 6) is 0.0817. The highest BCUT2D eigenvalue weighted by molar-refractivity contribution is 7.80. The Bertz CT molecular complexity index is 415. The van der Waals surface area contributed by atoms with Gasteiger partial charge in [0, 0.05) is 23.4 Å². The maximum absolute atomic E-state index is 11.3. The van der Waals surface area contributed by atoms with E-state index >= 15 is 0 Å². The van der Waals surface area contributed by atoms with Crippen LogP contribution in [0.3, 0.4) is 0 Å². The van der Waals surface area contributed by atoms with Crippen LogP contribution in [0.1, 0.15) is 22.8 Å². The SMILES string of the molecule is CC(=O)c1cccc2c1CNC(=S)N2. The molecule has 1 aliphatic heterocycles. The van der Waals surface area contributed by atoms with Crippen LogP contribution in [-0.4, -0.2) is 10.9 Å². The molecule has 4 heteroatoms. The molecule has 0 unspecified atom stereocenters. The standard InChI is InChI=1S/C10H10N2OS/c1-6(13)7-3-2-4-9-8(7)5-11-10(14)12-9/h2-4H,5H2,1H3,(H2,11,12,14). The molecule has 1 aliphatic rings. The van der Waals surface area contributed by atoms with Gasteiger partial charge in [0.2, 0.25) is 0 Å². The molecule has 1 heterocycles. The first-order chi connectivity index (χ1) is 6.68. The molecular formula is C10H10N2OS. The van der Waals surface area contributed by atoms with E-state index in [4.69, 9.17) is 12.2 Å². The number of rotatable bonds is 1. The van der Waals surface area contributed by atoms with E-state index in [2.05, 4.69) is 10.6 Å². The lowest BCUT2D eigenvalue weighted by Crippen LogP contribution is -2.34. The normalized spacial score (nSPS) is 13.9. The quantitative estimate of drug-likeness (QED) is 0.542. The van der Waals surface area contributed by atoms with Gasteiger partial charge in [-0.2, -0.15) is 0 Å². The monoisotopic (exact) mass is 206 g/mol. The summed E-state index contributed by atoms with van der Waals surface area (Å²) in [4.78, 5) is 11.3. The molecule has 0 atom stereocenters. The van der Waals surface area contributed by atoms with Crippen LogP contribution < -0.4 is 10.6 Å². The maximum atomic E-state index is 11.3. The van der Waals surface area contributed by atoms with Crippen LogP contribution >= 0.6 is 12.2 Å². The Morgan fingerprint density at radius 1 is 1.50 bits per heavy atom. The zero-order valence-corrected chi connectivity index (χ0v) is 8.57. The fourth-order valence-corrected chi connectivity index (χ4v) is 1.74. The minimum atomic E-state index is 0.0817. The van der Waals surface area contributed by atoms with Crippen molar-refractivity contribution in [2.24, 2.45) is 0 Å². The van der Waals surface area contributed by atoms with Gasteiger partial charge in [-0.05, 0) is 25.2 Å². The van der Waals surface area contributed by atoms with E-state index in [1.165, 1.54) is 0 Å². The highest BCUT2D eigenvalue weighted by Crippen LogP contribution is 2.22. The van der Waals surface area contributed by atoms with Gasteiger partial charge in [-0.1, -0.05) is 12.1 Å². The van der Waals surface area contributed by atoms with Crippen molar-refractivity contribution in [1.82, 2.24) is 5.32 Å². The molecule has 0 fully saturated rings. The van der Waals surface area contributed by atoms with Gasteiger partial charge < -0.3 is 10.6 Å². The molecule has 72 valence electrons. The maximum Gasteiger partial charge on any atom is 0.171 e. The van der Waals surface area contributed by atoms with Crippen LogP contribution in [-0.2, 0) is 6.54 Å². The van der Waals surface area contributed by atoms with Gasteiger partial charge in [-0.15, -0.1) is 0 Å². The number of thiocarbonyl (C=S) groups is 1. The number of ketones is 1. The number of carbonyl (C=O) groups excluding carboxylic acids is 1. The zero-order valence-electron chi connectivity index (χ0n) is 7.76. The summed E-state index contributed by atoms with van der Waals surface area (Å²) in [6, 6.07) is 5.62. The molecule has 0 bridgehead atoms. The topological polar surface area (TPSA) is 41.1 Å². The molecule has 0 spiro atoms. The van der Waals surface area contributed by atoms with Gasteiger partial charge in [0.05, 0.1) is 0 Å². The first-order valence-electron chi connectivity index (χ1n) is 4.36. The molecule has 0 saturated carbocycles. The first kappa shape index (κ1) is 9.15. The Labute approximate surface area is 87.5 Å². The van der Waals surface area contributed by atoms with Crippen molar-refractivity contribution in [2.75, 3.05) is 5.32 Å². The third-order valence-electron chi connectivity index (χ3n) is 2.23. The highest BCUT2D eigenvalue weighted by atomic mass is 32.1. The summed E-state index contributed by atoms with van der Waals surface area (Å²) >= 11 is 4.98. The van der Waals surface area contributed by atoms with Crippen LogP contribution in [0.5, 0.6) is 0 Å². The van der Waals surface area contributed by atoms with Crippen LogP contribution in [0, 0.1) is 0 Å². The summed E-state index contributed by atoms with van der Waals surface area (Å²) in [5.41, 5.74) is 2.68. The molecule has 2 rings (SSSR count). The zero-order chi connectivity index (χ0) is 10.1. The third kappa shape index (κ3) is 1.48. The van der Waals surface area contributed by atoms with E-state index in [1.54, 1.807) is 6.92 Å². The fraction of sp³-hybridized carbons (Fsp3) is 0.200. The van der Waals surface area contributed by atoms with Gasteiger partial charge in [-0.25, -0.2) is 0 Å². The number of benzene rings is 1. The fourth-order valence-electron chi connectivity index (χ4n) is 1.56. The average molecular weight is 206 g/mol. The molecule has 3 nitrogen and oxygen atoms in total. The molecular weight excluding hydrogens is 196 g/mol. The van der Waals surface area contributed by atoms with Gasteiger partial charge in [0.1, 0.15) is 0 Å². The minimum Gasteiger partial charge on any atom is -0.358 e. The lowest BCUT2D eigenvalue weighted by atomic mass is 10.0. The van der Waals surface area contributed by atoms with Gasteiger partial charge in [0.25, 0.3) is 0 Å².